The molecule has 2 atom stereocenters. The number of rotatable bonds is 8. The molecule has 4 rings (SSSR count). The summed E-state index contributed by atoms with van der Waals surface area (Å²) >= 11 is 0. The fraction of sp³-hybridized carbons (Fsp3) is 0.370. The number of aromatic nitrogens is 2. The molecule has 1 fully saturated rings. The number of anilines is 2. The number of pyridine rings is 2. The lowest BCUT2D eigenvalue weighted by Gasteiger charge is -2.27. The maximum absolute atomic E-state index is 13.9. The summed E-state index contributed by atoms with van der Waals surface area (Å²) in [7, 11) is -4.31. The lowest BCUT2D eigenvalue weighted by molar-refractivity contribution is -0.143. The van der Waals surface area contributed by atoms with E-state index in [-0.39, 0.29) is 39.9 Å². The van der Waals surface area contributed by atoms with Gasteiger partial charge in [-0.25, -0.2) is 9.97 Å². The second-order valence-corrected chi connectivity index (χ2v) is 11.5. The highest BCUT2D eigenvalue weighted by Crippen LogP contribution is 2.39. The van der Waals surface area contributed by atoms with E-state index in [0.717, 1.165) is 25.0 Å². The van der Waals surface area contributed by atoms with Crippen LogP contribution in [0.5, 0.6) is 0 Å². The Bertz CT molecular complexity index is 1460. The van der Waals surface area contributed by atoms with Crippen molar-refractivity contribution in [1.29, 1.82) is 0 Å². The molecule has 0 spiro atoms. The van der Waals surface area contributed by atoms with Crippen LogP contribution in [0, 0.1) is 5.92 Å². The van der Waals surface area contributed by atoms with Crippen LogP contribution in [0.3, 0.4) is 0 Å². The Kier molecular flexibility index (Phi) is 8.15. The van der Waals surface area contributed by atoms with Crippen molar-refractivity contribution in [2.45, 2.75) is 62.7 Å². The van der Waals surface area contributed by atoms with Crippen LogP contribution < -0.4 is 10.0 Å². The van der Waals surface area contributed by atoms with Crippen molar-refractivity contribution >= 4 is 27.6 Å². The van der Waals surface area contributed by atoms with Gasteiger partial charge in [-0.2, -0.15) is 21.6 Å². The SMILES string of the molecule is CC(C)c1ccccc1-c1nc(NS(=O)(=O)c2cccc(NC3CCCC(C(=O)O)C3)n2)ccc1C(F)(F)F. The largest absolute Gasteiger partial charge is 0.481 e. The van der Waals surface area contributed by atoms with E-state index in [4.69, 9.17) is 0 Å². The van der Waals surface area contributed by atoms with E-state index in [1.54, 1.807) is 24.3 Å². The van der Waals surface area contributed by atoms with Crippen molar-refractivity contribution in [3.05, 3.63) is 65.7 Å². The third kappa shape index (κ3) is 6.67. The Morgan fingerprint density at radius 3 is 2.44 bits per heavy atom. The molecule has 39 heavy (non-hydrogen) atoms. The van der Waals surface area contributed by atoms with Gasteiger partial charge in [0.05, 0.1) is 17.2 Å². The van der Waals surface area contributed by atoms with E-state index in [0.29, 0.717) is 18.4 Å². The van der Waals surface area contributed by atoms with Crippen molar-refractivity contribution < 1.29 is 31.5 Å². The highest BCUT2D eigenvalue weighted by Gasteiger charge is 2.36. The zero-order valence-electron chi connectivity index (χ0n) is 21.4. The Morgan fingerprint density at radius 1 is 1.00 bits per heavy atom. The molecule has 1 aliphatic rings. The van der Waals surface area contributed by atoms with Gasteiger partial charge in [-0.1, -0.05) is 50.6 Å². The van der Waals surface area contributed by atoms with Crippen LogP contribution in [-0.2, 0) is 21.0 Å². The van der Waals surface area contributed by atoms with Gasteiger partial charge in [0.2, 0.25) is 0 Å². The minimum absolute atomic E-state index is 0.0983. The number of alkyl halides is 3. The molecule has 3 N–H and O–H groups in total. The van der Waals surface area contributed by atoms with Gasteiger partial charge in [-0.15, -0.1) is 0 Å². The summed E-state index contributed by atoms with van der Waals surface area (Å²) in [5.74, 6) is -1.48. The topological polar surface area (TPSA) is 121 Å². The Labute approximate surface area is 224 Å². The molecule has 1 aromatic carbocycles. The number of carboxylic acid groups (broad SMARTS) is 1. The third-order valence-corrected chi connectivity index (χ3v) is 7.91. The van der Waals surface area contributed by atoms with E-state index >= 15 is 0 Å². The second-order valence-electron chi connectivity index (χ2n) is 9.84. The summed E-state index contributed by atoms with van der Waals surface area (Å²) in [5, 5.41) is 12.1. The van der Waals surface area contributed by atoms with Crippen LogP contribution >= 0.6 is 0 Å². The molecule has 0 amide bonds. The summed E-state index contributed by atoms with van der Waals surface area (Å²) in [5.41, 5.74) is -0.447. The Balaban J connectivity index is 1.63. The van der Waals surface area contributed by atoms with Gasteiger partial charge in [-0.3, -0.25) is 9.52 Å². The van der Waals surface area contributed by atoms with Crippen LogP contribution in [0.15, 0.2) is 59.6 Å². The highest BCUT2D eigenvalue weighted by atomic mass is 32.2. The monoisotopic (exact) mass is 562 g/mol. The number of benzene rings is 1. The average Bonchev–Trinajstić information content (AvgIpc) is 2.88. The number of carboxylic acids is 1. The first-order chi connectivity index (χ1) is 18.3. The lowest BCUT2D eigenvalue weighted by atomic mass is 9.86. The molecule has 2 unspecified atom stereocenters. The van der Waals surface area contributed by atoms with E-state index in [9.17, 15) is 31.5 Å². The van der Waals surface area contributed by atoms with Crippen LogP contribution in [0.25, 0.3) is 11.3 Å². The molecule has 1 saturated carbocycles. The van der Waals surface area contributed by atoms with Crippen molar-refractivity contribution in [2.24, 2.45) is 5.92 Å². The molecule has 0 aliphatic heterocycles. The van der Waals surface area contributed by atoms with Crippen molar-refractivity contribution in [1.82, 2.24) is 9.97 Å². The first kappa shape index (κ1) is 28.3. The molecule has 12 heteroatoms. The summed E-state index contributed by atoms with van der Waals surface area (Å²) in [6.07, 6.45) is -2.29. The van der Waals surface area contributed by atoms with Crippen molar-refractivity contribution in [3.8, 4) is 11.3 Å². The Hall–Kier alpha value is -3.67. The molecule has 8 nitrogen and oxygen atoms in total. The smallest absolute Gasteiger partial charge is 0.418 e. The van der Waals surface area contributed by atoms with Gasteiger partial charge in [-0.05, 0) is 55.0 Å². The summed E-state index contributed by atoms with van der Waals surface area (Å²) in [6.45, 7) is 3.70. The van der Waals surface area contributed by atoms with E-state index < -0.39 is 33.7 Å². The van der Waals surface area contributed by atoms with Crippen LogP contribution in [-0.4, -0.2) is 35.5 Å². The fourth-order valence-corrected chi connectivity index (χ4v) is 5.73. The number of sulfonamides is 1. The predicted molar refractivity (Wildman–Crippen MR) is 141 cm³/mol. The third-order valence-electron chi connectivity index (χ3n) is 6.65. The molecular weight excluding hydrogens is 533 g/mol. The summed E-state index contributed by atoms with van der Waals surface area (Å²) in [6, 6.07) is 12.5. The van der Waals surface area contributed by atoms with Crippen molar-refractivity contribution in [3.63, 3.8) is 0 Å². The quantitative estimate of drug-likeness (QED) is 0.301. The minimum Gasteiger partial charge on any atom is -0.481 e. The minimum atomic E-state index is -4.70. The van der Waals surface area contributed by atoms with Gasteiger partial charge in [0.1, 0.15) is 11.6 Å². The first-order valence-corrected chi connectivity index (χ1v) is 14.0. The van der Waals surface area contributed by atoms with Gasteiger partial charge in [0.15, 0.2) is 5.03 Å². The number of halogens is 3. The number of nitrogens with zero attached hydrogens (tertiary/aromatic N) is 2. The zero-order chi connectivity index (χ0) is 28.4. The molecule has 3 aromatic rings. The molecule has 2 heterocycles. The highest BCUT2D eigenvalue weighted by molar-refractivity contribution is 7.92. The normalized spacial score (nSPS) is 18.1. The lowest BCUT2D eigenvalue weighted by Crippen LogP contribution is -2.31. The molecule has 0 saturated heterocycles. The number of nitrogens with one attached hydrogen (secondary N) is 2. The molecule has 0 radical (unpaired) electrons. The van der Waals surface area contributed by atoms with E-state index in [1.165, 1.54) is 18.2 Å². The standard InChI is InChI=1S/C27H29F3N4O4S/c1-16(2)19-9-3-4-10-20(19)25-21(27(28,29)30)13-14-23(33-25)34-39(37,38)24-12-6-11-22(32-24)31-18-8-5-7-17(15-18)26(35)36/h3-4,6,9-14,16-18H,5,7-8,15H2,1-2H3,(H,31,32)(H,33,34)(H,35,36). The number of hydrogen-bond donors (Lipinski definition) is 3. The van der Waals surface area contributed by atoms with Crippen LogP contribution in [0.4, 0.5) is 24.8 Å². The molecule has 2 aromatic heterocycles. The summed E-state index contributed by atoms with van der Waals surface area (Å²) in [4.78, 5) is 19.6. The molecule has 1 aliphatic carbocycles. The van der Waals surface area contributed by atoms with Gasteiger partial charge >= 0.3 is 12.1 Å². The van der Waals surface area contributed by atoms with Gasteiger partial charge in [0.25, 0.3) is 10.0 Å². The zero-order valence-corrected chi connectivity index (χ0v) is 22.2. The predicted octanol–water partition coefficient (Wildman–Crippen LogP) is 6.14. The van der Waals surface area contributed by atoms with Gasteiger partial charge < -0.3 is 10.4 Å². The van der Waals surface area contributed by atoms with E-state index in [2.05, 4.69) is 20.0 Å². The van der Waals surface area contributed by atoms with Crippen LogP contribution in [0.1, 0.15) is 56.6 Å². The molecule has 208 valence electrons. The number of carbonyl (C=O) groups is 1. The number of aliphatic carboxylic acids is 1. The molecular formula is C27H29F3N4O4S. The van der Waals surface area contributed by atoms with Crippen LogP contribution in [0.2, 0.25) is 0 Å². The first-order valence-electron chi connectivity index (χ1n) is 12.5. The maximum atomic E-state index is 13.9. The number of hydrogen-bond acceptors (Lipinski definition) is 6. The van der Waals surface area contributed by atoms with E-state index in [1.807, 2.05) is 13.8 Å². The molecule has 0 bridgehead atoms. The second kappa shape index (κ2) is 11.2. The fourth-order valence-electron chi connectivity index (χ4n) is 4.76. The Morgan fingerprint density at radius 2 is 1.74 bits per heavy atom. The summed E-state index contributed by atoms with van der Waals surface area (Å²) < 4.78 is 70.2. The van der Waals surface area contributed by atoms with Crippen molar-refractivity contribution in [2.75, 3.05) is 10.0 Å². The average molecular weight is 563 g/mol. The van der Waals surface area contributed by atoms with Gasteiger partial charge in [0, 0.05) is 11.6 Å². The maximum Gasteiger partial charge on any atom is 0.418 e.